The summed E-state index contributed by atoms with van der Waals surface area (Å²) in [6, 6.07) is 13.7. The number of benzene rings is 2. The smallest absolute Gasteiger partial charge is 0.263 e. The summed E-state index contributed by atoms with van der Waals surface area (Å²) in [4.78, 5) is 17.9. The lowest BCUT2D eigenvalue weighted by Crippen LogP contribution is -2.25. The Hall–Kier alpha value is -3.06. The average molecular weight is 427 g/mol. The number of aromatic nitrogens is 1. The molecule has 0 fully saturated rings. The molecule has 1 heterocycles. The number of carbonyl (C=O) groups excluding carboxylic acids is 1. The van der Waals surface area contributed by atoms with Crippen LogP contribution < -0.4 is 19.5 Å². The SMILES string of the molecule is COc1cc(OC)c(CCNC(=O)c2sc(Cc3ccccc3)nc2C)c(OC)c1. The van der Waals surface area contributed by atoms with Crippen LogP contribution in [0.3, 0.4) is 0 Å². The average Bonchev–Trinajstić information content (AvgIpc) is 3.14. The molecule has 0 aliphatic heterocycles. The molecule has 158 valence electrons. The first-order valence-electron chi connectivity index (χ1n) is 9.63. The van der Waals surface area contributed by atoms with Crippen molar-refractivity contribution in [3.8, 4) is 17.2 Å². The molecule has 3 aromatic rings. The molecule has 6 nitrogen and oxygen atoms in total. The normalized spacial score (nSPS) is 10.5. The molecule has 7 heteroatoms. The number of methoxy groups -OCH3 is 3. The van der Waals surface area contributed by atoms with Crippen LogP contribution >= 0.6 is 11.3 Å². The van der Waals surface area contributed by atoms with Crippen LogP contribution in [0, 0.1) is 6.92 Å². The van der Waals surface area contributed by atoms with Crippen LogP contribution in [0.4, 0.5) is 0 Å². The van der Waals surface area contributed by atoms with Gasteiger partial charge in [0.25, 0.3) is 5.91 Å². The Bertz CT molecular complexity index is 977. The maximum Gasteiger partial charge on any atom is 0.263 e. The van der Waals surface area contributed by atoms with E-state index in [0.29, 0.717) is 35.1 Å². The molecule has 2 aromatic carbocycles. The zero-order valence-electron chi connectivity index (χ0n) is 17.7. The number of hydrogen-bond donors (Lipinski definition) is 1. The Morgan fingerprint density at radius 3 is 2.30 bits per heavy atom. The van der Waals surface area contributed by atoms with Crippen molar-refractivity contribution in [3.05, 3.63) is 69.2 Å². The van der Waals surface area contributed by atoms with Gasteiger partial charge in [0.2, 0.25) is 0 Å². The summed E-state index contributed by atoms with van der Waals surface area (Å²) in [5.41, 5.74) is 2.81. The van der Waals surface area contributed by atoms with Gasteiger partial charge in [-0.15, -0.1) is 11.3 Å². The van der Waals surface area contributed by atoms with Crippen molar-refractivity contribution >= 4 is 17.2 Å². The van der Waals surface area contributed by atoms with Gasteiger partial charge in [-0.25, -0.2) is 4.98 Å². The van der Waals surface area contributed by atoms with Crippen LogP contribution in [0.15, 0.2) is 42.5 Å². The van der Waals surface area contributed by atoms with Crippen LogP contribution in [-0.4, -0.2) is 38.8 Å². The Morgan fingerprint density at radius 2 is 1.70 bits per heavy atom. The number of aryl methyl sites for hydroxylation is 1. The van der Waals surface area contributed by atoms with Crippen LogP contribution in [0.1, 0.15) is 31.5 Å². The topological polar surface area (TPSA) is 69.7 Å². The molecule has 0 spiro atoms. The van der Waals surface area contributed by atoms with Gasteiger partial charge in [0.05, 0.1) is 32.0 Å². The summed E-state index contributed by atoms with van der Waals surface area (Å²) in [7, 11) is 4.80. The largest absolute Gasteiger partial charge is 0.496 e. The van der Waals surface area contributed by atoms with Crippen molar-refractivity contribution in [1.29, 1.82) is 0 Å². The third kappa shape index (κ3) is 5.10. The van der Waals surface area contributed by atoms with E-state index < -0.39 is 0 Å². The first-order valence-corrected chi connectivity index (χ1v) is 10.4. The zero-order valence-corrected chi connectivity index (χ0v) is 18.5. The van der Waals surface area contributed by atoms with Gasteiger partial charge in [0, 0.05) is 30.7 Å². The molecule has 1 aromatic heterocycles. The Morgan fingerprint density at radius 1 is 1.03 bits per heavy atom. The van der Waals surface area contributed by atoms with Crippen molar-refractivity contribution in [3.63, 3.8) is 0 Å². The van der Waals surface area contributed by atoms with Crippen molar-refractivity contribution in [2.24, 2.45) is 0 Å². The molecule has 0 saturated heterocycles. The summed E-state index contributed by atoms with van der Waals surface area (Å²) >= 11 is 1.44. The van der Waals surface area contributed by atoms with Crippen molar-refractivity contribution < 1.29 is 19.0 Å². The highest BCUT2D eigenvalue weighted by Gasteiger charge is 2.17. The highest BCUT2D eigenvalue weighted by molar-refractivity contribution is 7.13. The van der Waals surface area contributed by atoms with Crippen molar-refractivity contribution in [1.82, 2.24) is 10.3 Å². The molecule has 30 heavy (non-hydrogen) atoms. The highest BCUT2D eigenvalue weighted by Crippen LogP contribution is 2.34. The van der Waals surface area contributed by atoms with Gasteiger partial charge in [-0.3, -0.25) is 4.79 Å². The zero-order chi connectivity index (χ0) is 21.5. The molecule has 0 aliphatic carbocycles. The fourth-order valence-corrected chi connectivity index (χ4v) is 4.23. The Balaban J connectivity index is 1.65. The quantitative estimate of drug-likeness (QED) is 0.559. The second kappa shape index (κ2) is 10.1. The molecule has 0 saturated carbocycles. The fourth-order valence-electron chi connectivity index (χ4n) is 3.21. The number of carbonyl (C=O) groups is 1. The fraction of sp³-hybridized carbons (Fsp3) is 0.304. The van der Waals surface area contributed by atoms with E-state index in [9.17, 15) is 4.79 Å². The van der Waals surface area contributed by atoms with E-state index in [2.05, 4.69) is 22.4 Å². The maximum absolute atomic E-state index is 12.7. The molecule has 0 atom stereocenters. The lowest BCUT2D eigenvalue weighted by atomic mass is 10.1. The number of thiazole rings is 1. The molecule has 0 radical (unpaired) electrons. The van der Waals surface area contributed by atoms with Gasteiger partial charge < -0.3 is 19.5 Å². The number of hydrogen-bond acceptors (Lipinski definition) is 6. The Kier molecular flexibility index (Phi) is 7.30. The molecule has 0 bridgehead atoms. The minimum absolute atomic E-state index is 0.115. The van der Waals surface area contributed by atoms with E-state index in [1.165, 1.54) is 16.9 Å². The van der Waals surface area contributed by atoms with Gasteiger partial charge in [0.1, 0.15) is 22.1 Å². The second-order valence-corrected chi connectivity index (χ2v) is 7.78. The number of ether oxygens (including phenoxy) is 3. The van der Waals surface area contributed by atoms with E-state index in [1.54, 1.807) is 21.3 Å². The van der Waals surface area contributed by atoms with Crippen LogP contribution in [0.25, 0.3) is 0 Å². The van der Waals surface area contributed by atoms with Crippen molar-refractivity contribution in [2.75, 3.05) is 27.9 Å². The second-order valence-electron chi connectivity index (χ2n) is 6.70. The minimum Gasteiger partial charge on any atom is -0.496 e. The Labute approximate surface area is 180 Å². The summed E-state index contributed by atoms with van der Waals surface area (Å²) < 4.78 is 16.2. The molecular weight excluding hydrogens is 400 g/mol. The van der Waals surface area contributed by atoms with E-state index in [4.69, 9.17) is 14.2 Å². The minimum atomic E-state index is -0.115. The molecule has 1 amide bonds. The van der Waals surface area contributed by atoms with Crippen LogP contribution in [-0.2, 0) is 12.8 Å². The van der Waals surface area contributed by atoms with Crippen molar-refractivity contribution in [2.45, 2.75) is 19.8 Å². The highest BCUT2D eigenvalue weighted by atomic mass is 32.1. The van der Waals surface area contributed by atoms with Gasteiger partial charge in [-0.2, -0.15) is 0 Å². The number of nitrogens with zero attached hydrogens (tertiary/aromatic N) is 1. The number of amides is 1. The van der Waals surface area contributed by atoms with Crippen LogP contribution in [0.2, 0.25) is 0 Å². The van der Waals surface area contributed by atoms with E-state index in [-0.39, 0.29) is 5.91 Å². The molecule has 3 rings (SSSR count). The lowest BCUT2D eigenvalue weighted by molar-refractivity contribution is 0.0957. The third-order valence-corrected chi connectivity index (χ3v) is 5.88. The predicted molar refractivity (Wildman–Crippen MR) is 118 cm³/mol. The molecule has 0 aliphatic rings. The lowest BCUT2D eigenvalue weighted by Gasteiger charge is -2.15. The monoisotopic (exact) mass is 426 g/mol. The van der Waals surface area contributed by atoms with Gasteiger partial charge in [0.15, 0.2) is 0 Å². The molecule has 0 unspecified atom stereocenters. The number of rotatable bonds is 9. The standard InChI is InChI=1S/C23H26N2O4S/c1-15-22(30-21(25-15)12-16-8-6-5-7-9-16)23(26)24-11-10-18-19(28-3)13-17(27-2)14-20(18)29-4/h5-9,13-14H,10-12H2,1-4H3,(H,24,26). The van der Waals surface area contributed by atoms with Gasteiger partial charge in [-0.05, 0) is 18.9 Å². The summed E-state index contributed by atoms with van der Waals surface area (Å²) in [5, 5.41) is 3.92. The summed E-state index contributed by atoms with van der Waals surface area (Å²) in [6.07, 6.45) is 1.29. The molecular formula is C23H26N2O4S. The summed E-state index contributed by atoms with van der Waals surface area (Å²) in [5.74, 6) is 1.87. The van der Waals surface area contributed by atoms with Gasteiger partial charge in [-0.1, -0.05) is 30.3 Å². The maximum atomic E-state index is 12.7. The first kappa shape index (κ1) is 21.6. The molecule has 1 N–H and O–H groups in total. The third-order valence-electron chi connectivity index (χ3n) is 4.72. The first-order chi connectivity index (χ1) is 14.5. The van der Waals surface area contributed by atoms with Crippen LogP contribution in [0.5, 0.6) is 17.2 Å². The summed E-state index contributed by atoms with van der Waals surface area (Å²) in [6.45, 7) is 2.32. The van der Waals surface area contributed by atoms with E-state index in [1.807, 2.05) is 37.3 Å². The van der Waals surface area contributed by atoms with E-state index in [0.717, 1.165) is 22.7 Å². The van der Waals surface area contributed by atoms with E-state index >= 15 is 0 Å². The van der Waals surface area contributed by atoms with Gasteiger partial charge >= 0.3 is 0 Å². The number of nitrogens with one attached hydrogen (secondary N) is 1. The predicted octanol–water partition coefficient (Wildman–Crippen LogP) is 4.04.